The zero-order valence-electron chi connectivity index (χ0n) is 18.3. The molecule has 0 aromatic heterocycles. The number of nitrogens with zero attached hydrogens (tertiary/aromatic N) is 1. The van der Waals surface area contributed by atoms with E-state index in [0.29, 0.717) is 24.3 Å². The maximum absolute atomic E-state index is 13.3. The van der Waals surface area contributed by atoms with Crippen molar-refractivity contribution < 1.29 is 27.1 Å². The second-order valence-electron chi connectivity index (χ2n) is 7.76. The summed E-state index contributed by atoms with van der Waals surface area (Å²) >= 11 is 0. The lowest BCUT2D eigenvalue weighted by Gasteiger charge is -2.33. The van der Waals surface area contributed by atoms with Crippen molar-refractivity contribution >= 4 is 15.9 Å². The van der Waals surface area contributed by atoms with Crippen LogP contribution in [0.1, 0.15) is 37.7 Å². The van der Waals surface area contributed by atoms with Gasteiger partial charge in [0.25, 0.3) is 0 Å². The summed E-state index contributed by atoms with van der Waals surface area (Å²) in [5, 5.41) is 2.79. The van der Waals surface area contributed by atoms with Gasteiger partial charge in [-0.3, -0.25) is 4.79 Å². The maximum Gasteiger partial charge on any atom is 0.243 e. The predicted molar refractivity (Wildman–Crippen MR) is 119 cm³/mol. The van der Waals surface area contributed by atoms with E-state index in [4.69, 9.17) is 9.47 Å². The molecule has 32 heavy (non-hydrogen) atoms. The smallest absolute Gasteiger partial charge is 0.243 e. The molecule has 1 amide bonds. The van der Waals surface area contributed by atoms with E-state index in [1.165, 1.54) is 23.5 Å². The van der Waals surface area contributed by atoms with Crippen molar-refractivity contribution in [2.24, 2.45) is 0 Å². The van der Waals surface area contributed by atoms with E-state index in [1.807, 2.05) is 0 Å². The standard InChI is InChI=1S/C23H29FN2O5S/c1-30-21-13-8-17(14-22(21)31-2)15-25-23(27)16-26(19-6-4-3-5-7-19)32(28,29)20-11-9-18(24)10-12-20/h8-14,19H,3-7,15-16H2,1-2H3,(H,25,27). The Kier molecular flexibility index (Phi) is 8.09. The number of carbonyl (C=O) groups excluding carboxylic acids is 1. The first kappa shape index (κ1) is 24.0. The Hall–Kier alpha value is -2.65. The third-order valence-corrected chi connectivity index (χ3v) is 7.55. The van der Waals surface area contributed by atoms with Gasteiger partial charge in [0.2, 0.25) is 15.9 Å². The molecule has 174 valence electrons. The molecule has 1 aliphatic rings. The SMILES string of the molecule is COc1ccc(CNC(=O)CN(C2CCCCC2)S(=O)(=O)c2ccc(F)cc2)cc1OC. The van der Waals surface area contributed by atoms with Crippen molar-refractivity contribution in [3.63, 3.8) is 0 Å². The number of ether oxygens (including phenoxy) is 2. The van der Waals surface area contributed by atoms with E-state index in [9.17, 15) is 17.6 Å². The highest BCUT2D eigenvalue weighted by atomic mass is 32.2. The molecular formula is C23H29FN2O5S. The lowest BCUT2D eigenvalue weighted by atomic mass is 9.95. The third-order valence-electron chi connectivity index (χ3n) is 5.64. The molecule has 1 aliphatic carbocycles. The fourth-order valence-corrected chi connectivity index (χ4v) is 5.55. The van der Waals surface area contributed by atoms with Crippen molar-refractivity contribution in [1.29, 1.82) is 0 Å². The summed E-state index contributed by atoms with van der Waals surface area (Å²) in [5.41, 5.74) is 0.793. The molecule has 1 saturated carbocycles. The molecule has 2 aromatic carbocycles. The van der Waals surface area contributed by atoms with E-state index < -0.39 is 21.7 Å². The number of rotatable bonds is 9. The molecule has 0 aliphatic heterocycles. The van der Waals surface area contributed by atoms with Crippen molar-refractivity contribution in [2.45, 2.75) is 49.6 Å². The van der Waals surface area contributed by atoms with Crippen LogP contribution in [0.25, 0.3) is 0 Å². The Morgan fingerprint density at radius 2 is 1.69 bits per heavy atom. The average molecular weight is 465 g/mol. The minimum atomic E-state index is -3.95. The molecule has 0 heterocycles. The number of nitrogens with one attached hydrogen (secondary N) is 1. The van der Waals surface area contributed by atoms with E-state index in [-0.39, 0.29) is 24.0 Å². The van der Waals surface area contributed by atoms with Gasteiger partial charge in [-0.25, -0.2) is 12.8 Å². The van der Waals surface area contributed by atoms with Gasteiger partial charge in [-0.05, 0) is 54.8 Å². The van der Waals surface area contributed by atoms with Crippen LogP contribution >= 0.6 is 0 Å². The van der Waals surface area contributed by atoms with E-state index >= 15 is 0 Å². The fourth-order valence-electron chi connectivity index (χ4n) is 3.91. The molecule has 0 saturated heterocycles. The molecular weight excluding hydrogens is 435 g/mol. The number of carbonyl (C=O) groups is 1. The van der Waals surface area contributed by atoms with Gasteiger partial charge in [0.1, 0.15) is 5.82 Å². The largest absolute Gasteiger partial charge is 0.493 e. The van der Waals surface area contributed by atoms with Gasteiger partial charge in [-0.15, -0.1) is 0 Å². The molecule has 0 radical (unpaired) electrons. The van der Waals surface area contributed by atoms with Crippen LogP contribution in [0.5, 0.6) is 11.5 Å². The van der Waals surface area contributed by atoms with E-state index in [2.05, 4.69) is 5.32 Å². The average Bonchev–Trinajstić information content (AvgIpc) is 2.81. The normalized spacial score (nSPS) is 14.9. The molecule has 0 bridgehead atoms. The molecule has 2 aromatic rings. The lowest BCUT2D eigenvalue weighted by Crippen LogP contribution is -2.46. The molecule has 0 spiro atoms. The quantitative estimate of drug-likeness (QED) is 0.614. The topological polar surface area (TPSA) is 84.9 Å². The van der Waals surface area contributed by atoms with Crippen molar-refractivity contribution in [3.8, 4) is 11.5 Å². The number of hydrogen-bond donors (Lipinski definition) is 1. The number of benzene rings is 2. The molecule has 0 atom stereocenters. The predicted octanol–water partition coefficient (Wildman–Crippen LogP) is 3.48. The molecule has 1 fully saturated rings. The van der Waals surface area contributed by atoms with Gasteiger partial charge < -0.3 is 14.8 Å². The summed E-state index contributed by atoms with van der Waals surface area (Å²) in [6, 6.07) is 9.75. The van der Waals surface area contributed by atoms with Crippen molar-refractivity contribution in [2.75, 3.05) is 20.8 Å². The summed E-state index contributed by atoms with van der Waals surface area (Å²) in [6.07, 6.45) is 4.26. The Bertz CT molecular complexity index is 1020. The summed E-state index contributed by atoms with van der Waals surface area (Å²) in [4.78, 5) is 12.7. The maximum atomic E-state index is 13.3. The molecule has 9 heteroatoms. The second kappa shape index (κ2) is 10.8. The van der Waals surface area contributed by atoms with Crippen molar-refractivity contribution in [3.05, 3.63) is 53.8 Å². The van der Waals surface area contributed by atoms with Crippen LogP contribution in [-0.2, 0) is 21.4 Å². The highest BCUT2D eigenvalue weighted by Crippen LogP contribution is 2.29. The highest BCUT2D eigenvalue weighted by Gasteiger charge is 2.34. The number of sulfonamides is 1. The molecule has 1 N–H and O–H groups in total. The Morgan fingerprint density at radius 1 is 1.03 bits per heavy atom. The summed E-state index contributed by atoms with van der Waals surface area (Å²) in [6.45, 7) is -0.0774. The van der Waals surface area contributed by atoms with Gasteiger partial charge >= 0.3 is 0 Å². The number of halogens is 1. The molecule has 0 unspecified atom stereocenters. The number of methoxy groups -OCH3 is 2. The first-order chi connectivity index (χ1) is 15.3. The van der Waals surface area contributed by atoms with Crippen LogP contribution in [0.15, 0.2) is 47.4 Å². The Labute approximate surface area is 188 Å². The highest BCUT2D eigenvalue weighted by molar-refractivity contribution is 7.89. The Morgan fingerprint density at radius 3 is 2.31 bits per heavy atom. The van der Waals surface area contributed by atoms with Crippen LogP contribution in [0.4, 0.5) is 4.39 Å². The number of hydrogen-bond acceptors (Lipinski definition) is 5. The summed E-state index contributed by atoms with van der Waals surface area (Å²) < 4.78 is 51.7. The lowest BCUT2D eigenvalue weighted by molar-refractivity contribution is -0.121. The Balaban J connectivity index is 1.74. The summed E-state index contributed by atoms with van der Waals surface area (Å²) in [5.74, 6) is 0.204. The van der Waals surface area contributed by atoms with Gasteiger partial charge in [0, 0.05) is 12.6 Å². The summed E-state index contributed by atoms with van der Waals surface area (Å²) in [7, 11) is -0.873. The zero-order chi connectivity index (χ0) is 23.1. The first-order valence-electron chi connectivity index (χ1n) is 10.6. The van der Waals surface area contributed by atoms with Gasteiger partial charge in [0.15, 0.2) is 11.5 Å². The minimum Gasteiger partial charge on any atom is -0.493 e. The zero-order valence-corrected chi connectivity index (χ0v) is 19.2. The van der Waals surface area contributed by atoms with Crippen LogP contribution in [0.2, 0.25) is 0 Å². The second-order valence-corrected chi connectivity index (χ2v) is 9.65. The van der Waals surface area contributed by atoms with Gasteiger partial charge in [-0.1, -0.05) is 25.3 Å². The van der Waals surface area contributed by atoms with Crippen molar-refractivity contribution in [1.82, 2.24) is 9.62 Å². The monoisotopic (exact) mass is 464 g/mol. The van der Waals surface area contributed by atoms with Crippen LogP contribution in [-0.4, -0.2) is 45.4 Å². The first-order valence-corrected chi connectivity index (χ1v) is 12.0. The molecule has 3 rings (SSSR count). The molecule has 7 nitrogen and oxygen atoms in total. The van der Waals surface area contributed by atoms with Gasteiger partial charge in [-0.2, -0.15) is 4.31 Å². The van der Waals surface area contributed by atoms with E-state index in [0.717, 1.165) is 37.0 Å². The number of amides is 1. The van der Waals surface area contributed by atoms with E-state index in [1.54, 1.807) is 25.3 Å². The van der Waals surface area contributed by atoms with Gasteiger partial charge in [0.05, 0.1) is 25.7 Å². The van der Waals surface area contributed by atoms with Crippen LogP contribution in [0, 0.1) is 5.82 Å². The van der Waals surface area contributed by atoms with Crippen LogP contribution < -0.4 is 14.8 Å². The third kappa shape index (κ3) is 5.77. The minimum absolute atomic E-state index is 0.0165. The van der Waals surface area contributed by atoms with Crippen LogP contribution in [0.3, 0.4) is 0 Å². The fraction of sp³-hybridized carbons (Fsp3) is 0.435.